The second-order valence-corrected chi connectivity index (χ2v) is 4.34. The molecule has 2 nitrogen and oxygen atoms in total. The van der Waals surface area contributed by atoms with Crippen molar-refractivity contribution in [2.45, 2.75) is 0 Å². The van der Waals surface area contributed by atoms with Gasteiger partial charge < -0.3 is 4.90 Å². The first-order valence-electron chi connectivity index (χ1n) is 5.53. The summed E-state index contributed by atoms with van der Waals surface area (Å²) in [5, 5.41) is 0. The van der Waals surface area contributed by atoms with E-state index in [1.165, 1.54) is 5.69 Å². The molecule has 1 aliphatic heterocycles. The summed E-state index contributed by atoms with van der Waals surface area (Å²) in [6, 6.07) is 10.7. The van der Waals surface area contributed by atoms with Crippen LogP contribution in [0.3, 0.4) is 0 Å². The lowest BCUT2D eigenvalue weighted by Gasteiger charge is -2.35. The van der Waals surface area contributed by atoms with Crippen molar-refractivity contribution in [2.75, 3.05) is 43.4 Å². The van der Waals surface area contributed by atoms with Crippen LogP contribution in [0.5, 0.6) is 0 Å². The van der Waals surface area contributed by atoms with E-state index in [4.69, 9.17) is 0 Å². The molecular weight excluding hydrogens is 204 g/mol. The maximum atomic E-state index is 4.27. The van der Waals surface area contributed by atoms with Gasteiger partial charge in [-0.2, -0.15) is 12.6 Å². The highest BCUT2D eigenvalue weighted by Crippen LogP contribution is 2.15. The predicted octanol–water partition coefficient (Wildman–Crippen LogP) is 1.74. The molecule has 0 N–H and O–H groups in total. The van der Waals surface area contributed by atoms with E-state index in [0.29, 0.717) is 0 Å². The first-order chi connectivity index (χ1) is 7.40. The van der Waals surface area contributed by atoms with Crippen LogP contribution in [0.2, 0.25) is 0 Å². The van der Waals surface area contributed by atoms with E-state index in [1.807, 2.05) is 0 Å². The largest absolute Gasteiger partial charge is 0.369 e. The fourth-order valence-electron chi connectivity index (χ4n) is 2.01. The molecule has 0 atom stereocenters. The molecule has 1 aliphatic rings. The maximum Gasteiger partial charge on any atom is 0.0367 e. The molecule has 1 fully saturated rings. The van der Waals surface area contributed by atoms with Crippen LogP contribution in [0, 0.1) is 0 Å². The molecule has 0 unspecified atom stereocenters. The zero-order valence-corrected chi connectivity index (χ0v) is 9.87. The number of para-hydroxylation sites is 1. The molecule has 0 saturated carbocycles. The van der Waals surface area contributed by atoms with E-state index in [1.54, 1.807) is 0 Å². The van der Waals surface area contributed by atoms with Gasteiger partial charge in [-0.3, -0.25) is 4.90 Å². The monoisotopic (exact) mass is 222 g/mol. The minimum absolute atomic E-state index is 0.964. The minimum Gasteiger partial charge on any atom is -0.369 e. The predicted molar refractivity (Wildman–Crippen MR) is 68.9 cm³/mol. The standard InChI is InChI=1S/C12H18N2S/c15-11-10-13-6-8-14(9-7-13)12-4-2-1-3-5-12/h1-5,15H,6-11H2. The summed E-state index contributed by atoms with van der Waals surface area (Å²) in [4.78, 5) is 4.93. The number of nitrogens with zero attached hydrogens (tertiary/aromatic N) is 2. The lowest BCUT2D eigenvalue weighted by molar-refractivity contribution is 0.273. The molecule has 82 valence electrons. The molecule has 0 bridgehead atoms. The Hall–Kier alpha value is -0.670. The Balaban J connectivity index is 1.88. The van der Waals surface area contributed by atoms with E-state index in [2.05, 4.69) is 52.8 Å². The molecule has 2 rings (SSSR count). The van der Waals surface area contributed by atoms with Gasteiger partial charge in [0.1, 0.15) is 0 Å². The quantitative estimate of drug-likeness (QED) is 0.778. The normalized spacial score (nSPS) is 18.1. The van der Waals surface area contributed by atoms with Crippen LogP contribution in [0.4, 0.5) is 5.69 Å². The Labute approximate surface area is 97.3 Å². The summed E-state index contributed by atoms with van der Waals surface area (Å²) in [5.74, 6) is 0.964. The Morgan fingerprint density at radius 2 is 1.67 bits per heavy atom. The fraction of sp³-hybridized carbons (Fsp3) is 0.500. The van der Waals surface area contributed by atoms with Crippen LogP contribution >= 0.6 is 12.6 Å². The molecule has 1 aromatic rings. The van der Waals surface area contributed by atoms with Gasteiger partial charge in [0.05, 0.1) is 0 Å². The molecular formula is C12H18N2S. The van der Waals surface area contributed by atoms with Gasteiger partial charge in [0.2, 0.25) is 0 Å². The molecule has 0 aromatic heterocycles. The second kappa shape index (κ2) is 5.42. The van der Waals surface area contributed by atoms with Gasteiger partial charge in [0.15, 0.2) is 0 Å². The summed E-state index contributed by atoms with van der Waals surface area (Å²) >= 11 is 4.27. The van der Waals surface area contributed by atoms with Crippen molar-refractivity contribution in [2.24, 2.45) is 0 Å². The van der Waals surface area contributed by atoms with Crippen molar-refractivity contribution in [3.63, 3.8) is 0 Å². The third-order valence-corrected chi connectivity index (χ3v) is 3.11. The molecule has 1 aromatic carbocycles. The summed E-state index contributed by atoms with van der Waals surface area (Å²) in [7, 11) is 0. The van der Waals surface area contributed by atoms with Crippen molar-refractivity contribution < 1.29 is 0 Å². The third kappa shape index (κ3) is 2.89. The van der Waals surface area contributed by atoms with Crippen LogP contribution in [0.1, 0.15) is 0 Å². The molecule has 3 heteroatoms. The third-order valence-electron chi connectivity index (χ3n) is 2.91. The van der Waals surface area contributed by atoms with Crippen molar-refractivity contribution in [1.82, 2.24) is 4.90 Å². The number of benzene rings is 1. The smallest absolute Gasteiger partial charge is 0.0367 e. The van der Waals surface area contributed by atoms with Gasteiger partial charge in [-0.1, -0.05) is 18.2 Å². The Morgan fingerprint density at radius 1 is 1.00 bits per heavy atom. The van der Waals surface area contributed by atoms with Gasteiger partial charge in [-0.05, 0) is 12.1 Å². The number of hydrogen-bond donors (Lipinski definition) is 1. The summed E-state index contributed by atoms with van der Waals surface area (Å²) in [6.45, 7) is 5.71. The number of anilines is 1. The van der Waals surface area contributed by atoms with Crippen molar-refractivity contribution >= 4 is 18.3 Å². The van der Waals surface area contributed by atoms with E-state index < -0.39 is 0 Å². The average molecular weight is 222 g/mol. The van der Waals surface area contributed by atoms with Crippen LogP contribution in [-0.4, -0.2) is 43.4 Å². The second-order valence-electron chi connectivity index (χ2n) is 3.89. The molecule has 0 radical (unpaired) electrons. The topological polar surface area (TPSA) is 6.48 Å². The fourth-order valence-corrected chi connectivity index (χ4v) is 2.29. The average Bonchev–Trinajstić information content (AvgIpc) is 2.32. The Morgan fingerprint density at radius 3 is 2.27 bits per heavy atom. The van der Waals surface area contributed by atoms with Crippen molar-refractivity contribution in [1.29, 1.82) is 0 Å². The molecule has 0 amide bonds. The van der Waals surface area contributed by atoms with E-state index in [0.717, 1.165) is 38.5 Å². The van der Waals surface area contributed by atoms with E-state index in [-0.39, 0.29) is 0 Å². The van der Waals surface area contributed by atoms with Crippen molar-refractivity contribution in [3.8, 4) is 0 Å². The summed E-state index contributed by atoms with van der Waals surface area (Å²) < 4.78 is 0. The minimum atomic E-state index is 0.964. The highest BCUT2D eigenvalue weighted by atomic mass is 32.1. The molecule has 0 spiro atoms. The lowest BCUT2D eigenvalue weighted by Crippen LogP contribution is -2.46. The van der Waals surface area contributed by atoms with Gasteiger partial charge >= 0.3 is 0 Å². The highest BCUT2D eigenvalue weighted by Gasteiger charge is 2.15. The molecule has 15 heavy (non-hydrogen) atoms. The SMILES string of the molecule is SCCN1CCN(c2ccccc2)CC1. The van der Waals surface area contributed by atoms with E-state index in [9.17, 15) is 0 Å². The number of thiol groups is 1. The van der Waals surface area contributed by atoms with Gasteiger partial charge in [0.25, 0.3) is 0 Å². The summed E-state index contributed by atoms with van der Waals surface area (Å²) in [6.07, 6.45) is 0. The Bertz CT molecular complexity index is 281. The molecule has 1 saturated heterocycles. The van der Waals surface area contributed by atoms with Crippen LogP contribution < -0.4 is 4.90 Å². The maximum absolute atomic E-state index is 4.27. The zero-order chi connectivity index (χ0) is 10.5. The van der Waals surface area contributed by atoms with E-state index >= 15 is 0 Å². The van der Waals surface area contributed by atoms with Crippen LogP contribution in [0.15, 0.2) is 30.3 Å². The van der Waals surface area contributed by atoms with Gasteiger partial charge in [-0.15, -0.1) is 0 Å². The molecule has 0 aliphatic carbocycles. The van der Waals surface area contributed by atoms with Gasteiger partial charge in [0, 0.05) is 44.2 Å². The Kier molecular flexibility index (Phi) is 3.92. The number of hydrogen-bond acceptors (Lipinski definition) is 3. The molecule has 1 heterocycles. The lowest BCUT2D eigenvalue weighted by atomic mass is 10.2. The first kappa shape index (κ1) is 10.8. The number of rotatable bonds is 3. The van der Waals surface area contributed by atoms with Crippen LogP contribution in [0.25, 0.3) is 0 Å². The first-order valence-corrected chi connectivity index (χ1v) is 6.16. The number of piperazine rings is 1. The highest BCUT2D eigenvalue weighted by molar-refractivity contribution is 7.80. The van der Waals surface area contributed by atoms with Crippen LogP contribution in [-0.2, 0) is 0 Å². The zero-order valence-electron chi connectivity index (χ0n) is 8.97. The summed E-state index contributed by atoms with van der Waals surface area (Å²) in [5.41, 5.74) is 1.35. The van der Waals surface area contributed by atoms with Crippen molar-refractivity contribution in [3.05, 3.63) is 30.3 Å². The van der Waals surface area contributed by atoms with Gasteiger partial charge in [-0.25, -0.2) is 0 Å².